The zero-order chi connectivity index (χ0) is 20.8. The first-order chi connectivity index (χ1) is 13.9. The maximum Gasteiger partial charge on any atom is 0.194 e. The summed E-state index contributed by atoms with van der Waals surface area (Å²) in [5.74, 6) is -4.32. The quantitative estimate of drug-likeness (QED) is 0.529. The van der Waals surface area contributed by atoms with Crippen molar-refractivity contribution in [2.24, 2.45) is 0 Å². The first kappa shape index (κ1) is 20.2. The lowest BCUT2D eigenvalue weighted by Crippen LogP contribution is -2.67. The number of rotatable bonds is 3. The highest BCUT2D eigenvalue weighted by molar-refractivity contribution is 5.57. The van der Waals surface area contributed by atoms with Crippen LogP contribution in [-0.4, -0.2) is 73.9 Å². The lowest BCUT2D eigenvalue weighted by molar-refractivity contribution is -0.259. The largest absolute Gasteiger partial charge is 0.394 e. The van der Waals surface area contributed by atoms with E-state index in [1.165, 1.54) is 10.9 Å². The second kappa shape index (κ2) is 7.65. The third-order valence-corrected chi connectivity index (χ3v) is 5.63. The standard InChI is InChI=1S/C18H21F3N4O4/c19-10-4-9(5-11(20)14(10)21)12-6-25(24-23-12)15-16(27)13(7-26)29-18(17(15)28)2-1-3-22-8-18/h4-6,13,15-17,22,26-28H,1-3,7-8H2/t13-,15-,16+,17-,18-/m1/s1. The van der Waals surface area contributed by atoms with E-state index in [1.54, 1.807) is 0 Å². The third-order valence-electron chi connectivity index (χ3n) is 5.63. The number of hydrogen-bond donors (Lipinski definition) is 4. The Kier molecular flexibility index (Phi) is 5.34. The van der Waals surface area contributed by atoms with Crippen molar-refractivity contribution in [1.29, 1.82) is 0 Å². The number of aliphatic hydroxyl groups excluding tert-OH is 3. The highest BCUT2D eigenvalue weighted by atomic mass is 19.2. The van der Waals surface area contributed by atoms with Crippen LogP contribution in [0.2, 0.25) is 0 Å². The normalized spacial score (nSPS) is 32.6. The van der Waals surface area contributed by atoms with Crippen LogP contribution in [0, 0.1) is 17.5 Å². The van der Waals surface area contributed by atoms with E-state index >= 15 is 0 Å². The molecule has 0 aliphatic carbocycles. The van der Waals surface area contributed by atoms with Crippen LogP contribution in [0.4, 0.5) is 13.2 Å². The van der Waals surface area contributed by atoms with E-state index in [1.807, 2.05) is 0 Å². The van der Waals surface area contributed by atoms with Crippen molar-refractivity contribution < 1.29 is 33.2 Å². The monoisotopic (exact) mass is 414 g/mol. The minimum Gasteiger partial charge on any atom is -0.394 e. The van der Waals surface area contributed by atoms with E-state index in [4.69, 9.17) is 4.74 Å². The zero-order valence-corrected chi connectivity index (χ0v) is 15.3. The average molecular weight is 414 g/mol. The molecule has 2 fully saturated rings. The molecule has 1 aromatic carbocycles. The van der Waals surface area contributed by atoms with E-state index in [9.17, 15) is 28.5 Å². The molecule has 0 amide bonds. The molecule has 0 unspecified atom stereocenters. The van der Waals surface area contributed by atoms with Gasteiger partial charge in [0.1, 0.15) is 35.6 Å². The molecule has 2 aliphatic heterocycles. The lowest BCUT2D eigenvalue weighted by Gasteiger charge is -2.51. The molecular formula is C18H21F3N4O4. The fourth-order valence-electron chi connectivity index (χ4n) is 4.12. The smallest absolute Gasteiger partial charge is 0.194 e. The van der Waals surface area contributed by atoms with Crippen LogP contribution >= 0.6 is 0 Å². The van der Waals surface area contributed by atoms with Gasteiger partial charge in [0.05, 0.1) is 12.8 Å². The molecule has 0 saturated carbocycles. The zero-order valence-electron chi connectivity index (χ0n) is 15.3. The second-order valence-corrected chi connectivity index (χ2v) is 7.45. The maximum atomic E-state index is 13.5. The molecule has 1 aromatic heterocycles. The van der Waals surface area contributed by atoms with Crippen molar-refractivity contribution >= 4 is 0 Å². The molecule has 29 heavy (non-hydrogen) atoms. The number of halogens is 3. The van der Waals surface area contributed by atoms with Gasteiger partial charge in [-0.05, 0) is 31.5 Å². The van der Waals surface area contributed by atoms with Gasteiger partial charge in [0.15, 0.2) is 17.5 Å². The van der Waals surface area contributed by atoms with E-state index in [0.29, 0.717) is 13.0 Å². The van der Waals surface area contributed by atoms with Crippen LogP contribution in [0.1, 0.15) is 18.9 Å². The van der Waals surface area contributed by atoms with Gasteiger partial charge in [-0.2, -0.15) is 0 Å². The van der Waals surface area contributed by atoms with Crippen molar-refractivity contribution in [2.75, 3.05) is 19.7 Å². The van der Waals surface area contributed by atoms with Gasteiger partial charge in [0, 0.05) is 12.1 Å². The average Bonchev–Trinajstić information content (AvgIpc) is 3.19. The summed E-state index contributed by atoms with van der Waals surface area (Å²) in [5.41, 5.74) is -1.04. The molecule has 8 nitrogen and oxygen atoms in total. The number of ether oxygens (including phenoxy) is 1. The summed E-state index contributed by atoms with van der Waals surface area (Å²) >= 11 is 0. The van der Waals surface area contributed by atoms with E-state index in [2.05, 4.69) is 15.6 Å². The predicted octanol–water partition coefficient (Wildman–Crippen LogP) is 0.139. The summed E-state index contributed by atoms with van der Waals surface area (Å²) < 4.78 is 47.3. The van der Waals surface area contributed by atoms with Gasteiger partial charge in [0.2, 0.25) is 0 Å². The summed E-state index contributed by atoms with van der Waals surface area (Å²) in [7, 11) is 0. The SMILES string of the molecule is OC[C@H]1O[C@@]2(CCCNC2)[C@H](O)[C@H](n2cc(-c3cc(F)c(F)c(F)c3)nn2)[C@H]1O. The summed E-state index contributed by atoms with van der Waals surface area (Å²) in [6.45, 7) is 0.607. The molecular weight excluding hydrogens is 393 g/mol. The number of aliphatic hydroxyl groups is 3. The van der Waals surface area contributed by atoms with Crippen molar-refractivity contribution in [1.82, 2.24) is 20.3 Å². The molecule has 4 rings (SSSR count). The number of hydrogen-bond acceptors (Lipinski definition) is 7. The minimum absolute atomic E-state index is 0.0325. The van der Waals surface area contributed by atoms with Gasteiger partial charge in [-0.3, -0.25) is 0 Å². The molecule has 1 spiro atoms. The Bertz CT molecular complexity index is 867. The Morgan fingerprint density at radius 3 is 2.59 bits per heavy atom. The van der Waals surface area contributed by atoms with Crippen LogP contribution in [-0.2, 0) is 4.74 Å². The van der Waals surface area contributed by atoms with Gasteiger partial charge >= 0.3 is 0 Å². The summed E-state index contributed by atoms with van der Waals surface area (Å²) in [6, 6.07) is 0.552. The summed E-state index contributed by atoms with van der Waals surface area (Å²) in [6.07, 6.45) is -0.918. The Morgan fingerprint density at radius 1 is 1.24 bits per heavy atom. The van der Waals surface area contributed by atoms with Gasteiger partial charge in [-0.25, -0.2) is 17.9 Å². The third kappa shape index (κ3) is 3.42. The number of piperidine rings is 1. The highest BCUT2D eigenvalue weighted by Gasteiger charge is 2.55. The topological polar surface area (TPSA) is 113 Å². The molecule has 2 aliphatic rings. The molecule has 0 radical (unpaired) electrons. The van der Waals surface area contributed by atoms with Crippen LogP contribution in [0.3, 0.4) is 0 Å². The van der Waals surface area contributed by atoms with E-state index < -0.39 is 54.0 Å². The Labute approximate surface area is 163 Å². The molecule has 0 bridgehead atoms. The van der Waals surface area contributed by atoms with Gasteiger partial charge in [-0.1, -0.05) is 5.21 Å². The highest BCUT2D eigenvalue weighted by Crippen LogP contribution is 2.40. The fourth-order valence-corrected chi connectivity index (χ4v) is 4.12. The Morgan fingerprint density at radius 2 is 1.97 bits per heavy atom. The van der Waals surface area contributed by atoms with E-state index in [-0.39, 0.29) is 11.3 Å². The molecule has 158 valence electrons. The predicted molar refractivity (Wildman–Crippen MR) is 93.2 cm³/mol. The molecule has 2 saturated heterocycles. The van der Waals surface area contributed by atoms with Crippen LogP contribution in [0.5, 0.6) is 0 Å². The minimum atomic E-state index is -1.59. The number of aromatic nitrogens is 3. The van der Waals surface area contributed by atoms with Crippen molar-refractivity contribution in [3.8, 4) is 11.3 Å². The van der Waals surface area contributed by atoms with E-state index in [0.717, 1.165) is 25.1 Å². The molecule has 5 atom stereocenters. The van der Waals surface area contributed by atoms with Crippen LogP contribution in [0.25, 0.3) is 11.3 Å². The van der Waals surface area contributed by atoms with Crippen molar-refractivity contribution in [3.63, 3.8) is 0 Å². The van der Waals surface area contributed by atoms with Gasteiger partial charge in [-0.15, -0.1) is 5.10 Å². The Hall–Kier alpha value is -2.05. The second-order valence-electron chi connectivity index (χ2n) is 7.45. The van der Waals surface area contributed by atoms with Crippen LogP contribution < -0.4 is 5.32 Å². The molecule has 11 heteroatoms. The lowest BCUT2D eigenvalue weighted by atomic mass is 9.78. The number of nitrogens with zero attached hydrogens (tertiary/aromatic N) is 3. The van der Waals surface area contributed by atoms with Crippen molar-refractivity contribution in [2.45, 2.75) is 42.8 Å². The first-order valence-electron chi connectivity index (χ1n) is 9.28. The first-order valence-corrected chi connectivity index (χ1v) is 9.28. The molecule has 2 aromatic rings. The summed E-state index contributed by atoms with van der Waals surface area (Å²) in [4.78, 5) is 0. The maximum absolute atomic E-state index is 13.5. The van der Waals surface area contributed by atoms with Crippen molar-refractivity contribution in [3.05, 3.63) is 35.8 Å². The van der Waals surface area contributed by atoms with Crippen LogP contribution in [0.15, 0.2) is 18.3 Å². The molecule has 3 heterocycles. The fraction of sp³-hybridized carbons (Fsp3) is 0.556. The van der Waals surface area contributed by atoms with Gasteiger partial charge in [0.25, 0.3) is 0 Å². The number of benzene rings is 1. The summed E-state index contributed by atoms with van der Waals surface area (Å²) in [5, 5.41) is 42.2. The van der Waals surface area contributed by atoms with Gasteiger partial charge < -0.3 is 25.4 Å². The number of nitrogens with one attached hydrogen (secondary N) is 1. The Balaban J connectivity index is 1.69. The molecule has 4 N–H and O–H groups in total.